The smallest absolute Gasteiger partial charge is 0.224 e. The minimum atomic E-state index is -0.333. The van der Waals surface area contributed by atoms with Crippen LogP contribution in [0.2, 0.25) is 0 Å². The molecule has 0 aromatic heterocycles. The van der Waals surface area contributed by atoms with Crippen LogP contribution in [0.3, 0.4) is 0 Å². The van der Waals surface area contributed by atoms with Gasteiger partial charge >= 0.3 is 0 Å². The molecular weight excluding hydrogens is 245 g/mol. The number of benzene rings is 2. The van der Waals surface area contributed by atoms with Crippen molar-refractivity contribution in [2.45, 2.75) is 13.0 Å². The van der Waals surface area contributed by atoms with Gasteiger partial charge in [-0.15, -0.1) is 0 Å². The topological polar surface area (TPSA) is 49.3 Å². The number of aromatic hydroxyl groups is 1. The summed E-state index contributed by atoms with van der Waals surface area (Å²) in [6, 6.07) is 12.8. The number of hydrogen-bond acceptors (Lipinski definition) is 2. The summed E-state index contributed by atoms with van der Waals surface area (Å²) >= 11 is 0. The summed E-state index contributed by atoms with van der Waals surface area (Å²) in [6.07, 6.45) is 0.156. The van der Waals surface area contributed by atoms with Crippen LogP contribution in [0.15, 0.2) is 48.5 Å². The molecule has 0 unspecified atom stereocenters. The number of carbonyl (C=O) groups excluding carboxylic acids is 1. The number of amides is 1. The molecule has 4 heteroatoms. The van der Waals surface area contributed by atoms with Gasteiger partial charge in [0.05, 0.1) is 6.42 Å². The molecule has 0 saturated carbocycles. The Bertz CT molecular complexity index is 584. The third kappa shape index (κ3) is 3.81. The van der Waals surface area contributed by atoms with Crippen molar-refractivity contribution >= 4 is 5.91 Å². The Balaban J connectivity index is 1.90. The van der Waals surface area contributed by atoms with Gasteiger partial charge in [-0.05, 0) is 23.8 Å². The average Bonchev–Trinajstić information content (AvgIpc) is 2.38. The first-order valence-electron chi connectivity index (χ1n) is 5.93. The van der Waals surface area contributed by atoms with Gasteiger partial charge in [0, 0.05) is 12.1 Å². The number of halogens is 1. The number of hydrogen-bond donors (Lipinski definition) is 2. The van der Waals surface area contributed by atoms with E-state index in [0.29, 0.717) is 11.1 Å². The molecule has 0 aliphatic carbocycles. The fraction of sp³-hybridized carbons (Fsp3) is 0.133. The average molecular weight is 259 g/mol. The van der Waals surface area contributed by atoms with Crippen molar-refractivity contribution in [3.8, 4) is 5.75 Å². The van der Waals surface area contributed by atoms with Crippen molar-refractivity contribution in [3.63, 3.8) is 0 Å². The largest absolute Gasteiger partial charge is 0.508 e. The summed E-state index contributed by atoms with van der Waals surface area (Å²) in [5, 5.41) is 11.9. The van der Waals surface area contributed by atoms with Crippen molar-refractivity contribution in [2.75, 3.05) is 0 Å². The number of rotatable bonds is 4. The molecule has 2 N–H and O–H groups in total. The highest BCUT2D eigenvalue weighted by molar-refractivity contribution is 5.78. The molecule has 19 heavy (non-hydrogen) atoms. The van der Waals surface area contributed by atoms with Gasteiger partial charge in [0.2, 0.25) is 5.91 Å². The maximum absolute atomic E-state index is 13.3. The van der Waals surface area contributed by atoms with E-state index in [2.05, 4.69) is 5.32 Å². The van der Waals surface area contributed by atoms with E-state index in [0.717, 1.165) is 0 Å². The third-order valence-corrected chi connectivity index (χ3v) is 2.71. The first-order valence-corrected chi connectivity index (χ1v) is 5.93. The maximum Gasteiger partial charge on any atom is 0.224 e. The quantitative estimate of drug-likeness (QED) is 0.885. The second-order valence-corrected chi connectivity index (χ2v) is 4.21. The molecule has 0 aliphatic heterocycles. The highest BCUT2D eigenvalue weighted by atomic mass is 19.1. The number of phenolic OH excluding ortho intramolecular Hbond substituents is 1. The molecule has 0 atom stereocenters. The number of carbonyl (C=O) groups is 1. The Morgan fingerprint density at radius 3 is 2.68 bits per heavy atom. The second-order valence-electron chi connectivity index (χ2n) is 4.21. The summed E-state index contributed by atoms with van der Waals surface area (Å²) in [5.41, 5.74) is 1.16. The van der Waals surface area contributed by atoms with Gasteiger partial charge in [-0.25, -0.2) is 4.39 Å². The van der Waals surface area contributed by atoms with Crippen molar-refractivity contribution in [3.05, 3.63) is 65.5 Å². The maximum atomic E-state index is 13.3. The molecule has 98 valence electrons. The Morgan fingerprint density at radius 2 is 1.95 bits per heavy atom. The normalized spacial score (nSPS) is 10.2. The summed E-state index contributed by atoms with van der Waals surface area (Å²) in [6.45, 7) is 0.157. The molecule has 0 spiro atoms. The SMILES string of the molecule is O=C(Cc1cccc(O)c1)NCc1ccccc1F. The molecule has 0 bridgehead atoms. The van der Waals surface area contributed by atoms with Crippen LogP contribution in [0.4, 0.5) is 4.39 Å². The van der Waals surface area contributed by atoms with E-state index in [1.807, 2.05) is 0 Å². The lowest BCUT2D eigenvalue weighted by atomic mass is 10.1. The van der Waals surface area contributed by atoms with Gasteiger partial charge in [-0.1, -0.05) is 30.3 Å². The molecule has 1 amide bonds. The Labute approximate surface area is 110 Å². The zero-order chi connectivity index (χ0) is 13.7. The van der Waals surface area contributed by atoms with Crippen LogP contribution in [0, 0.1) is 5.82 Å². The van der Waals surface area contributed by atoms with Crippen LogP contribution >= 0.6 is 0 Å². The molecule has 0 saturated heterocycles. The molecule has 0 fully saturated rings. The third-order valence-electron chi connectivity index (χ3n) is 2.71. The van der Waals surface area contributed by atoms with Crippen molar-refractivity contribution < 1.29 is 14.3 Å². The standard InChI is InChI=1S/C15H14FNO2/c16-14-7-2-1-5-12(14)10-17-15(19)9-11-4-3-6-13(18)8-11/h1-8,18H,9-10H2,(H,17,19). The molecule has 0 radical (unpaired) electrons. The molecule has 0 heterocycles. The van der Waals surface area contributed by atoms with Gasteiger partial charge in [-0.3, -0.25) is 4.79 Å². The number of nitrogens with one attached hydrogen (secondary N) is 1. The second kappa shape index (κ2) is 6.00. The minimum Gasteiger partial charge on any atom is -0.508 e. The van der Waals surface area contributed by atoms with Crippen LogP contribution in [0.25, 0.3) is 0 Å². The van der Waals surface area contributed by atoms with E-state index in [1.54, 1.807) is 36.4 Å². The molecular formula is C15H14FNO2. The van der Waals surface area contributed by atoms with Crippen LogP contribution in [0.1, 0.15) is 11.1 Å². The monoisotopic (exact) mass is 259 g/mol. The van der Waals surface area contributed by atoms with Crippen LogP contribution in [-0.4, -0.2) is 11.0 Å². The fourth-order valence-corrected chi connectivity index (χ4v) is 1.75. The van der Waals surface area contributed by atoms with Crippen LogP contribution < -0.4 is 5.32 Å². The Kier molecular flexibility index (Phi) is 4.13. The summed E-state index contributed by atoms with van der Waals surface area (Å²) in [4.78, 5) is 11.7. The lowest BCUT2D eigenvalue weighted by Crippen LogP contribution is -2.24. The predicted molar refractivity (Wildman–Crippen MR) is 70.1 cm³/mol. The van der Waals surface area contributed by atoms with E-state index in [1.165, 1.54) is 12.1 Å². The Hall–Kier alpha value is -2.36. The zero-order valence-electron chi connectivity index (χ0n) is 10.3. The summed E-state index contributed by atoms with van der Waals surface area (Å²) < 4.78 is 13.3. The summed E-state index contributed by atoms with van der Waals surface area (Å²) in [7, 11) is 0. The molecule has 2 aromatic rings. The van der Waals surface area contributed by atoms with E-state index in [4.69, 9.17) is 0 Å². The van der Waals surface area contributed by atoms with Gasteiger partial charge in [0.15, 0.2) is 0 Å². The van der Waals surface area contributed by atoms with Crippen LogP contribution in [0.5, 0.6) is 5.75 Å². The van der Waals surface area contributed by atoms with Crippen molar-refractivity contribution in [1.82, 2.24) is 5.32 Å². The first-order chi connectivity index (χ1) is 9.15. The van der Waals surface area contributed by atoms with Crippen molar-refractivity contribution in [2.24, 2.45) is 0 Å². The minimum absolute atomic E-state index is 0.124. The first kappa shape index (κ1) is 13.1. The van der Waals surface area contributed by atoms with E-state index in [9.17, 15) is 14.3 Å². The number of phenols is 1. The highest BCUT2D eigenvalue weighted by Crippen LogP contribution is 2.11. The molecule has 2 rings (SSSR count). The van der Waals surface area contributed by atoms with E-state index < -0.39 is 0 Å². The highest BCUT2D eigenvalue weighted by Gasteiger charge is 2.06. The molecule has 2 aromatic carbocycles. The van der Waals surface area contributed by atoms with E-state index >= 15 is 0 Å². The molecule has 0 aliphatic rings. The Morgan fingerprint density at radius 1 is 1.16 bits per heavy atom. The lowest BCUT2D eigenvalue weighted by Gasteiger charge is -2.06. The molecule has 3 nitrogen and oxygen atoms in total. The van der Waals surface area contributed by atoms with Gasteiger partial charge in [0.1, 0.15) is 11.6 Å². The van der Waals surface area contributed by atoms with Gasteiger partial charge < -0.3 is 10.4 Å². The lowest BCUT2D eigenvalue weighted by molar-refractivity contribution is -0.120. The summed E-state index contributed by atoms with van der Waals surface area (Å²) in [5.74, 6) is -0.423. The van der Waals surface area contributed by atoms with E-state index in [-0.39, 0.29) is 30.4 Å². The fourth-order valence-electron chi connectivity index (χ4n) is 1.75. The van der Waals surface area contributed by atoms with Gasteiger partial charge in [-0.2, -0.15) is 0 Å². The van der Waals surface area contributed by atoms with Crippen LogP contribution in [-0.2, 0) is 17.8 Å². The van der Waals surface area contributed by atoms with Crippen molar-refractivity contribution in [1.29, 1.82) is 0 Å². The predicted octanol–water partition coefficient (Wildman–Crippen LogP) is 2.39. The van der Waals surface area contributed by atoms with Gasteiger partial charge in [0.25, 0.3) is 0 Å². The zero-order valence-corrected chi connectivity index (χ0v) is 10.3.